The van der Waals surface area contributed by atoms with E-state index in [1.807, 2.05) is 32.9 Å². The first-order valence-corrected chi connectivity index (χ1v) is 13.3. The van der Waals surface area contributed by atoms with Crippen LogP contribution >= 0.6 is 0 Å². The number of carbonyl (C=O) groups is 2. The molecule has 34 heavy (non-hydrogen) atoms. The second kappa shape index (κ2) is 9.54. The van der Waals surface area contributed by atoms with Gasteiger partial charge in [-0.2, -0.15) is 0 Å². The Kier molecular flexibility index (Phi) is 6.87. The van der Waals surface area contributed by atoms with Crippen LogP contribution in [-0.4, -0.2) is 50.1 Å². The smallest absolute Gasteiger partial charge is 0.410 e. The topological polar surface area (TPSA) is 105 Å². The molecule has 0 aromatic heterocycles. The summed E-state index contributed by atoms with van der Waals surface area (Å²) in [5.41, 5.74) is 0.0530. The van der Waals surface area contributed by atoms with Crippen molar-refractivity contribution in [1.29, 1.82) is 0 Å². The highest BCUT2D eigenvalue weighted by atomic mass is 32.2. The zero-order valence-corrected chi connectivity index (χ0v) is 20.8. The molecule has 2 aliphatic rings. The van der Waals surface area contributed by atoms with Gasteiger partial charge in [0.2, 0.25) is 15.9 Å². The third-order valence-corrected chi connectivity index (χ3v) is 7.95. The molecule has 1 heterocycles. The van der Waals surface area contributed by atoms with Gasteiger partial charge in [0.25, 0.3) is 0 Å². The minimum atomic E-state index is -3.81. The Morgan fingerprint density at radius 1 is 0.971 bits per heavy atom. The van der Waals surface area contributed by atoms with Crippen LogP contribution in [0.15, 0.2) is 41.3 Å². The molecular weight excluding hydrogens is 454 g/mol. The molecule has 0 atom stereocenters. The molecule has 184 valence electrons. The molecule has 2 amide bonds. The SMILES string of the molecule is CC(C)(C)OC(=O)N1CCC(NS(=O)(=O)c2ccc(NC(=O)C3CCC3)c3ccccc23)CC1. The van der Waals surface area contributed by atoms with Crippen molar-refractivity contribution >= 4 is 38.5 Å². The van der Waals surface area contributed by atoms with E-state index >= 15 is 0 Å². The molecule has 0 radical (unpaired) electrons. The highest BCUT2D eigenvalue weighted by molar-refractivity contribution is 7.89. The van der Waals surface area contributed by atoms with Crippen LogP contribution in [-0.2, 0) is 19.6 Å². The van der Waals surface area contributed by atoms with Gasteiger partial charge in [0.15, 0.2) is 0 Å². The molecule has 0 bridgehead atoms. The number of benzene rings is 2. The summed E-state index contributed by atoms with van der Waals surface area (Å²) in [7, 11) is -3.81. The number of piperidine rings is 1. The van der Waals surface area contributed by atoms with Crippen LogP contribution in [0.25, 0.3) is 10.8 Å². The highest BCUT2D eigenvalue weighted by Gasteiger charge is 2.30. The number of nitrogens with zero attached hydrogens (tertiary/aromatic N) is 1. The van der Waals surface area contributed by atoms with Crippen molar-refractivity contribution in [2.45, 2.75) is 69.4 Å². The number of ether oxygens (including phenoxy) is 1. The lowest BCUT2D eigenvalue weighted by atomic mass is 9.85. The fourth-order valence-electron chi connectivity index (χ4n) is 4.31. The lowest BCUT2D eigenvalue weighted by Crippen LogP contribution is -2.47. The quantitative estimate of drug-likeness (QED) is 0.656. The largest absolute Gasteiger partial charge is 0.444 e. The van der Waals surface area contributed by atoms with Crippen molar-refractivity contribution in [3.63, 3.8) is 0 Å². The number of amides is 2. The van der Waals surface area contributed by atoms with Gasteiger partial charge < -0.3 is 15.0 Å². The second-order valence-corrected chi connectivity index (χ2v) is 11.8. The van der Waals surface area contributed by atoms with Crippen molar-refractivity contribution in [1.82, 2.24) is 9.62 Å². The van der Waals surface area contributed by atoms with Crippen LogP contribution in [0.1, 0.15) is 52.9 Å². The molecule has 1 saturated heterocycles. The predicted molar refractivity (Wildman–Crippen MR) is 131 cm³/mol. The van der Waals surface area contributed by atoms with Gasteiger partial charge in [-0.15, -0.1) is 0 Å². The van der Waals surface area contributed by atoms with E-state index in [4.69, 9.17) is 4.74 Å². The summed E-state index contributed by atoms with van der Waals surface area (Å²) in [6.07, 6.45) is 3.50. The van der Waals surface area contributed by atoms with E-state index in [0.29, 0.717) is 42.4 Å². The van der Waals surface area contributed by atoms with Gasteiger partial charge in [0.05, 0.1) is 4.90 Å². The van der Waals surface area contributed by atoms with E-state index in [9.17, 15) is 18.0 Å². The van der Waals surface area contributed by atoms with Gasteiger partial charge in [-0.1, -0.05) is 30.7 Å². The van der Waals surface area contributed by atoms with Gasteiger partial charge >= 0.3 is 6.09 Å². The highest BCUT2D eigenvalue weighted by Crippen LogP contribution is 2.32. The molecule has 1 saturated carbocycles. The van der Waals surface area contributed by atoms with Gasteiger partial charge in [-0.3, -0.25) is 4.79 Å². The van der Waals surface area contributed by atoms with Crippen molar-refractivity contribution in [3.05, 3.63) is 36.4 Å². The van der Waals surface area contributed by atoms with Crippen LogP contribution in [0.3, 0.4) is 0 Å². The fourth-order valence-corrected chi connectivity index (χ4v) is 5.83. The van der Waals surface area contributed by atoms with Crippen molar-refractivity contribution < 1.29 is 22.7 Å². The minimum absolute atomic E-state index is 0.0121. The fraction of sp³-hybridized carbons (Fsp3) is 0.520. The first kappa shape index (κ1) is 24.5. The van der Waals surface area contributed by atoms with Crippen LogP contribution in [0.5, 0.6) is 0 Å². The average molecular weight is 488 g/mol. The lowest BCUT2D eigenvalue weighted by Gasteiger charge is -2.33. The number of rotatable bonds is 5. The van der Waals surface area contributed by atoms with E-state index in [0.717, 1.165) is 19.3 Å². The molecule has 4 rings (SSSR count). The molecule has 2 aromatic rings. The van der Waals surface area contributed by atoms with Crippen molar-refractivity contribution in [2.75, 3.05) is 18.4 Å². The number of nitrogens with one attached hydrogen (secondary N) is 2. The summed E-state index contributed by atoms with van der Waals surface area (Å²) in [4.78, 5) is 26.5. The van der Waals surface area contributed by atoms with Crippen LogP contribution < -0.4 is 10.0 Å². The third-order valence-electron chi connectivity index (χ3n) is 6.38. The molecule has 8 nitrogen and oxygen atoms in total. The first-order valence-electron chi connectivity index (χ1n) is 11.9. The number of anilines is 1. The maximum Gasteiger partial charge on any atom is 0.410 e. The zero-order valence-electron chi connectivity index (χ0n) is 20.0. The molecule has 0 spiro atoms. The molecule has 2 aromatic carbocycles. The maximum absolute atomic E-state index is 13.3. The molecule has 2 N–H and O–H groups in total. The Balaban J connectivity index is 1.47. The Morgan fingerprint density at radius 2 is 1.62 bits per heavy atom. The Morgan fingerprint density at radius 3 is 2.21 bits per heavy atom. The molecule has 2 fully saturated rings. The average Bonchev–Trinajstić information content (AvgIpc) is 2.71. The molecule has 1 aliphatic carbocycles. The van der Waals surface area contributed by atoms with Gasteiger partial charge in [-0.05, 0) is 58.6 Å². The number of hydrogen-bond acceptors (Lipinski definition) is 5. The van der Waals surface area contributed by atoms with Crippen LogP contribution in [0, 0.1) is 5.92 Å². The maximum atomic E-state index is 13.3. The molecule has 0 unspecified atom stereocenters. The van der Waals surface area contributed by atoms with Crippen LogP contribution in [0.4, 0.5) is 10.5 Å². The summed E-state index contributed by atoms with van der Waals surface area (Å²) in [6, 6.07) is 10.1. The van der Waals surface area contributed by atoms with Crippen molar-refractivity contribution in [2.24, 2.45) is 5.92 Å². The van der Waals surface area contributed by atoms with Crippen LogP contribution in [0.2, 0.25) is 0 Å². The molecular formula is C25H33N3O5S. The normalized spacial score (nSPS) is 17.9. The molecule has 1 aliphatic heterocycles. The summed E-state index contributed by atoms with van der Waals surface area (Å²) >= 11 is 0. The van der Waals surface area contributed by atoms with Crippen molar-refractivity contribution in [3.8, 4) is 0 Å². The minimum Gasteiger partial charge on any atom is -0.444 e. The summed E-state index contributed by atoms with van der Waals surface area (Å²) in [5, 5.41) is 4.23. The Labute approximate surface area is 201 Å². The zero-order chi connectivity index (χ0) is 24.5. The van der Waals surface area contributed by atoms with Gasteiger partial charge in [0, 0.05) is 41.5 Å². The summed E-state index contributed by atoms with van der Waals surface area (Å²) in [5.74, 6) is 0.0252. The standard InChI is InChI=1S/C25H33N3O5S/c1-25(2,3)33-24(30)28-15-13-18(14-16-28)27-34(31,32)22-12-11-21(19-9-4-5-10-20(19)22)26-23(29)17-7-6-8-17/h4-5,9-12,17-18,27H,6-8,13-16H2,1-3H3,(H,26,29). The van der Waals surface area contributed by atoms with E-state index in [-0.39, 0.29) is 28.9 Å². The Bertz CT molecular complexity index is 1180. The second-order valence-electron chi connectivity index (χ2n) is 10.1. The van der Waals surface area contributed by atoms with Gasteiger partial charge in [-0.25, -0.2) is 17.9 Å². The first-order chi connectivity index (χ1) is 16.0. The van der Waals surface area contributed by atoms with E-state index in [1.54, 1.807) is 29.2 Å². The number of hydrogen-bond donors (Lipinski definition) is 2. The Hall–Kier alpha value is -2.65. The lowest BCUT2D eigenvalue weighted by molar-refractivity contribution is -0.122. The monoisotopic (exact) mass is 487 g/mol. The van der Waals surface area contributed by atoms with Gasteiger partial charge in [0.1, 0.15) is 5.60 Å². The number of carbonyl (C=O) groups excluding carboxylic acids is 2. The number of likely N-dealkylation sites (tertiary alicyclic amines) is 1. The number of sulfonamides is 1. The summed E-state index contributed by atoms with van der Waals surface area (Å²) in [6.45, 7) is 6.31. The number of fused-ring (bicyclic) bond motifs is 1. The van der Waals surface area contributed by atoms with E-state index in [1.165, 1.54) is 0 Å². The third kappa shape index (κ3) is 5.52. The molecule has 9 heteroatoms. The van der Waals surface area contributed by atoms with E-state index in [2.05, 4.69) is 10.0 Å². The van der Waals surface area contributed by atoms with E-state index < -0.39 is 15.6 Å². The predicted octanol–water partition coefficient (Wildman–Crippen LogP) is 4.26. The summed E-state index contributed by atoms with van der Waals surface area (Å²) < 4.78 is 34.8.